The van der Waals surface area contributed by atoms with Crippen molar-refractivity contribution in [3.05, 3.63) is 23.8 Å². The molecule has 3 nitrogen and oxygen atoms in total. The van der Waals surface area contributed by atoms with Gasteiger partial charge in [0.25, 0.3) is 0 Å². The first kappa shape index (κ1) is 14.0. The third-order valence-corrected chi connectivity index (χ3v) is 3.36. The lowest BCUT2D eigenvalue weighted by Crippen LogP contribution is -2.42. The molecule has 2 N–H and O–H groups in total. The van der Waals surface area contributed by atoms with E-state index in [9.17, 15) is 4.79 Å². The van der Waals surface area contributed by atoms with Gasteiger partial charge in [0.05, 0.1) is 6.54 Å². The van der Waals surface area contributed by atoms with E-state index in [0.717, 1.165) is 6.42 Å². The van der Waals surface area contributed by atoms with E-state index in [0.29, 0.717) is 5.92 Å². The molecule has 0 bridgehead atoms. The van der Waals surface area contributed by atoms with Gasteiger partial charge in [0.2, 0.25) is 0 Å². The first-order valence-electron chi connectivity index (χ1n) is 6.21. The molecule has 0 radical (unpaired) electrons. The van der Waals surface area contributed by atoms with E-state index in [-0.39, 0.29) is 18.4 Å². The van der Waals surface area contributed by atoms with Gasteiger partial charge in [-0.25, -0.2) is 0 Å². The molecule has 0 aliphatic heterocycles. The quantitative estimate of drug-likeness (QED) is 0.764. The lowest BCUT2D eigenvalue weighted by Gasteiger charge is -2.37. The third-order valence-electron chi connectivity index (χ3n) is 3.36. The summed E-state index contributed by atoms with van der Waals surface area (Å²) in [6.07, 6.45) is 6.85. The van der Waals surface area contributed by atoms with E-state index in [1.165, 1.54) is 5.57 Å². The van der Waals surface area contributed by atoms with Crippen molar-refractivity contribution in [3.63, 3.8) is 0 Å². The Bertz CT molecular complexity index is 342. The Kier molecular flexibility index (Phi) is 4.52. The number of esters is 1. The van der Waals surface area contributed by atoms with Gasteiger partial charge < -0.3 is 10.5 Å². The van der Waals surface area contributed by atoms with Gasteiger partial charge >= 0.3 is 5.97 Å². The van der Waals surface area contributed by atoms with Crippen molar-refractivity contribution in [1.29, 1.82) is 0 Å². The molecule has 1 rings (SSSR count). The highest BCUT2D eigenvalue weighted by atomic mass is 16.6. The molecule has 3 heteroatoms. The summed E-state index contributed by atoms with van der Waals surface area (Å²) >= 11 is 0. The predicted octanol–water partition coefficient (Wildman–Crippen LogP) is 2.43. The summed E-state index contributed by atoms with van der Waals surface area (Å²) in [5, 5.41) is 0. The normalized spacial score (nSPS) is 24.1. The van der Waals surface area contributed by atoms with Gasteiger partial charge in [0.15, 0.2) is 0 Å². The summed E-state index contributed by atoms with van der Waals surface area (Å²) in [7, 11) is 0. The maximum atomic E-state index is 11.5. The van der Waals surface area contributed by atoms with Gasteiger partial charge in [-0.15, -0.1) is 0 Å². The molecule has 0 heterocycles. The summed E-state index contributed by atoms with van der Waals surface area (Å²) < 4.78 is 5.58. The lowest BCUT2D eigenvalue weighted by molar-refractivity contribution is -0.157. The highest BCUT2D eigenvalue weighted by Gasteiger charge is 2.37. The van der Waals surface area contributed by atoms with Crippen molar-refractivity contribution in [2.45, 2.75) is 39.7 Å². The molecule has 1 aliphatic rings. The molecule has 1 aliphatic carbocycles. The summed E-state index contributed by atoms with van der Waals surface area (Å²) in [6.45, 7) is 8.37. The van der Waals surface area contributed by atoms with Crippen molar-refractivity contribution >= 4 is 5.97 Å². The molecule has 0 saturated carbocycles. The van der Waals surface area contributed by atoms with E-state index in [4.69, 9.17) is 10.5 Å². The van der Waals surface area contributed by atoms with Gasteiger partial charge in [-0.1, -0.05) is 45.4 Å². The van der Waals surface area contributed by atoms with E-state index < -0.39 is 5.60 Å². The van der Waals surface area contributed by atoms with E-state index in [2.05, 4.69) is 33.8 Å². The number of ether oxygens (including phenoxy) is 1. The Morgan fingerprint density at radius 1 is 1.47 bits per heavy atom. The van der Waals surface area contributed by atoms with E-state index in [1.54, 1.807) is 0 Å². The van der Waals surface area contributed by atoms with Crippen LogP contribution in [0.25, 0.3) is 0 Å². The average molecular weight is 237 g/mol. The van der Waals surface area contributed by atoms with Crippen molar-refractivity contribution in [2.24, 2.45) is 17.6 Å². The van der Waals surface area contributed by atoms with Crippen molar-refractivity contribution in [2.75, 3.05) is 6.54 Å². The Hall–Kier alpha value is -1.09. The molecule has 1 atom stereocenters. The van der Waals surface area contributed by atoms with Crippen LogP contribution in [-0.4, -0.2) is 18.1 Å². The van der Waals surface area contributed by atoms with Crippen LogP contribution in [0, 0.1) is 11.8 Å². The molecule has 0 amide bonds. The second kappa shape index (κ2) is 5.50. The second-order valence-corrected chi connectivity index (χ2v) is 5.22. The van der Waals surface area contributed by atoms with E-state index in [1.807, 2.05) is 12.2 Å². The molecule has 17 heavy (non-hydrogen) atoms. The Labute approximate surface area is 104 Å². The van der Waals surface area contributed by atoms with Gasteiger partial charge in [-0.05, 0) is 17.9 Å². The fourth-order valence-electron chi connectivity index (χ4n) is 2.01. The number of carbonyl (C=O) groups is 1. The molecule has 0 fully saturated rings. The number of carbonyl (C=O) groups excluding carboxylic acids is 1. The van der Waals surface area contributed by atoms with Gasteiger partial charge in [0, 0.05) is 6.42 Å². The zero-order valence-corrected chi connectivity index (χ0v) is 11.2. The molecule has 0 spiro atoms. The Morgan fingerprint density at radius 3 is 2.59 bits per heavy atom. The minimum atomic E-state index is -0.523. The number of hydrogen-bond donors (Lipinski definition) is 1. The maximum Gasteiger partial charge on any atom is 0.320 e. The minimum absolute atomic E-state index is 0.0664. The fourth-order valence-corrected chi connectivity index (χ4v) is 2.01. The SMILES string of the molecule is CC(C)C1=CC=CC(OC(=O)CN)(C(C)C)C1. The van der Waals surface area contributed by atoms with Crippen LogP contribution in [0.4, 0.5) is 0 Å². The monoisotopic (exact) mass is 237 g/mol. The molecule has 96 valence electrons. The Morgan fingerprint density at radius 2 is 2.12 bits per heavy atom. The highest BCUT2D eigenvalue weighted by Crippen LogP contribution is 2.36. The first-order valence-corrected chi connectivity index (χ1v) is 6.21. The van der Waals surface area contributed by atoms with Crippen LogP contribution in [0.15, 0.2) is 23.8 Å². The zero-order chi connectivity index (χ0) is 13.1. The topological polar surface area (TPSA) is 52.3 Å². The first-order chi connectivity index (χ1) is 7.91. The van der Waals surface area contributed by atoms with Crippen LogP contribution in [0.1, 0.15) is 34.1 Å². The summed E-state index contributed by atoms with van der Waals surface area (Å²) in [5.41, 5.74) is 6.12. The molecular weight excluding hydrogens is 214 g/mol. The van der Waals surface area contributed by atoms with Crippen LogP contribution in [0.3, 0.4) is 0 Å². The lowest BCUT2D eigenvalue weighted by atomic mass is 9.78. The van der Waals surface area contributed by atoms with Crippen molar-refractivity contribution in [3.8, 4) is 0 Å². The van der Waals surface area contributed by atoms with Crippen LogP contribution < -0.4 is 5.73 Å². The van der Waals surface area contributed by atoms with Gasteiger partial charge in [-0.2, -0.15) is 0 Å². The molecule has 1 unspecified atom stereocenters. The Balaban J connectivity index is 2.93. The van der Waals surface area contributed by atoms with Gasteiger partial charge in [0.1, 0.15) is 5.60 Å². The molecule has 0 aromatic rings. The van der Waals surface area contributed by atoms with Crippen LogP contribution >= 0.6 is 0 Å². The zero-order valence-electron chi connectivity index (χ0n) is 11.2. The summed E-state index contributed by atoms with van der Waals surface area (Å²) in [5.74, 6) is 0.361. The summed E-state index contributed by atoms with van der Waals surface area (Å²) in [6, 6.07) is 0. The predicted molar refractivity (Wildman–Crippen MR) is 69.4 cm³/mol. The largest absolute Gasteiger partial charge is 0.453 e. The number of allylic oxidation sites excluding steroid dienone is 2. The standard InChI is InChI=1S/C14H23NO2/c1-10(2)12-6-5-7-14(8-12,11(3)4)17-13(16)9-15/h5-7,10-11H,8-9,15H2,1-4H3. The van der Waals surface area contributed by atoms with Crippen molar-refractivity contribution in [1.82, 2.24) is 0 Å². The number of rotatable bonds is 4. The average Bonchev–Trinajstić information content (AvgIpc) is 2.28. The van der Waals surface area contributed by atoms with E-state index >= 15 is 0 Å². The van der Waals surface area contributed by atoms with Crippen LogP contribution in [0.2, 0.25) is 0 Å². The molecule has 0 aromatic heterocycles. The smallest absolute Gasteiger partial charge is 0.320 e. The number of nitrogens with two attached hydrogens (primary N) is 1. The van der Waals surface area contributed by atoms with Crippen LogP contribution in [0.5, 0.6) is 0 Å². The molecule has 0 saturated heterocycles. The highest BCUT2D eigenvalue weighted by molar-refractivity contribution is 5.72. The maximum absolute atomic E-state index is 11.5. The second-order valence-electron chi connectivity index (χ2n) is 5.22. The third kappa shape index (κ3) is 3.19. The molecular formula is C14H23NO2. The summed E-state index contributed by atoms with van der Waals surface area (Å²) in [4.78, 5) is 11.5. The molecule has 0 aromatic carbocycles. The fraction of sp³-hybridized carbons (Fsp3) is 0.643. The van der Waals surface area contributed by atoms with Gasteiger partial charge in [-0.3, -0.25) is 4.79 Å². The minimum Gasteiger partial charge on any atom is -0.453 e. The van der Waals surface area contributed by atoms with Crippen LogP contribution in [-0.2, 0) is 9.53 Å². The number of hydrogen-bond acceptors (Lipinski definition) is 3. The van der Waals surface area contributed by atoms with Crippen molar-refractivity contribution < 1.29 is 9.53 Å².